The van der Waals surface area contributed by atoms with Gasteiger partial charge in [-0.3, -0.25) is 9.78 Å². The zero-order valence-electron chi connectivity index (χ0n) is 17.0. The molecule has 2 heterocycles. The lowest BCUT2D eigenvalue weighted by Gasteiger charge is -2.11. The molecule has 0 saturated heterocycles. The maximum Gasteiger partial charge on any atom is 0.274 e. The number of para-hydroxylation sites is 1. The molecule has 1 amide bonds. The summed E-state index contributed by atoms with van der Waals surface area (Å²) in [4.78, 5) is 17.2. The maximum atomic E-state index is 13.8. The van der Waals surface area contributed by atoms with E-state index in [1.807, 2.05) is 30.3 Å². The minimum Gasteiger partial charge on any atom is -0.496 e. The number of nitrogens with one attached hydrogen (secondary N) is 1. The Balaban J connectivity index is 1.71. The molecule has 0 aliphatic rings. The quantitative estimate of drug-likeness (QED) is 0.517. The highest BCUT2D eigenvalue weighted by molar-refractivity contribution is 5.98. The van der Waals surface area contributed by atoms with Gasteiger partial charge in [-0.25, -0.2) is 9.07 Å². The highest BCUT2D eigenvalue weighted by Gasteiger charge is 2.22. The van der Waals surface area contributed by atoms with Gasteiger partial charge < -0.3 is 10.1 Å². The summed E-state index contributed by atoms with van der Waals surface area (Å²) in [5.74, 6) is -0.0304. The van der Waals surface area contributed by atoms with Gasteiger partial charge >= 0.3 is 0 Å². The fourth-order valence-corrected chi connectivity index (χ4v) is 3.25. The van der Waals surface area contributed by atoms with Crippen LogP contribution in [0.5, 0.6) is 5.75 Å². The average molecular weight is 417 g/mol. The fraction of sp³-hybridized carbons (Fsp3) is 0.130. The van der Waals surface area contributed by atoms with Crippen molar-refractivity contribution in [2.45, 2.75) is 13.5 Å². The third kappa shape index (κ3) is 4.13. The van der Waals surface area contributed by atoms with Crippen LogP contribution in [0.25, 0.3) is 16.9 Å². The standard InChI is InChI=1S/C23H20FN5O2/c1-15-12-18(9-10-19(15)24)29-22(17-7-5-11-25-13-17)21(27-28-29)23(30)26-14-16-6-3-4-8-20(16)31-2/h3-13H,14H2,1-2H3,(H,26,30). The Hall–Kier alpha value is -4.07. The molecule has 1 N–H and O–H groups in total. The molecule has 7 nitrogen and oxygen atoms in total. The number of nitrogens with zero attached hydrogens (tertiary/aromatic N) is 4. The van der Waals surface area contributed by atoms with Crippen LogP contribution < -0.4 is 10.1 Å². The van der Waals surface area contributed by atoms with Crippen molar-refractivity contribution in [2.75, 3.05) is 7.11 Å². The SMILES string of the molecule is COc1ccccc1CNC(=O)c1nnn(-c2ccc(F)c(C)c2)c1-c1cccnc1. The number of hydrogen-bond acceptors (Lipinski definition) is 5. The lowest BCUT2D eigenvalue weighted by Crippen LogP contribution is -2.24. The lowest BCUT2D eigenvalue weighted by molar-refractivity contribution is 0.0946. The molecule has 8 heteroatoms. The molecule has 0 spiro atoms. The Labute approximate surface area is 178 Å². The number of aromatic nitrogens is 4. The molecule has 2 aromatic heterocycles. The summed E-state index contributed by atoms with van der Waals surface area (Å²) < 4.78 is 20.6. The van der Waals surface area contributed by atoms with Crippen LogP contribution in [0.2, 0.25) is 0 Å². The molecule has 0 radical (unpaired) electrons. The first-order valence-corrected chi connectivity index (χ1v) is 9.61. The smallest absolute Gasteiger partial charge is 0.274 e. The normalized spacial score (nSPS) is 10.7. The first kappa shape index (κ1) is 20.2. The van der Waals surface area contributed by atoms with Gasteiger partial charge in [-0.2, -0.15) is 0 Å². The summed E-state index contributed by atoms with van der Waals surface area (Å²) in [6.07, 6.45) is 3.27. The van der Waals surface area contributed by atoms with Crippen LogP contribution in [0.4, 0.5) is 4.39 Å². The van der Waals surface area contributed by atoms with E-state index in [-0.39, 0.29) is 18.1 Å². The maximum absolute atomic E-state index is 13.8. The van der Waals surface area contributed by atoms with E-state index in [2.05, 4.69) is 20.6 Å². The second kappa shape index (κ2) is 8.74. The number of hydrogen-bond donors (Lipinski definition) is 1. The first-order valence-electron chi connectivity index (χ1n) is 9.61. The number of pyridine rings is 1. The second-order valence-electron chi connectivity index (χ2n) is 6.87. The number of ether oxygens (including phenoxy) is 1. The summed E-state index contributed by atoms with van der Waals surface area (Å²) in [5.41, 5.74) is 3.17. The van der Waals surface area contributed by atoms with Crippen molar-refractivity contribution in [2.24, 2.45) is 0 Å². The van der Waals surface area contributed by atoms with Gasteiger partial charge in [-0.1, -0.05) is 23.4 Å². The largest absolute Gasteiger partial charge is 0.496 e. The topological polar surface area (TPSA) is 81.9 Å². The molecule has 2 aromatic carbocycles. The number of aryl methyl sites for hydroxylation is 1. The third-order valence-corrected chi connectivity index (χ3v) is 4.84. The minimum atomic E-state index is -0.394. The van der Waals surface area contributed by atoms with Crippen molar-refractivity contribution in [3.63, 3.8) is 0 Å². The number of carbonyl (C=O) groups is 1. The van der Waals surface area contributed by atoms with Crippen LogP contribution in [-0.2, 0) is 6.54 Å². The van der Waals surface area contributed by atoms with Crippen LogP contribution in [0.15, 0.2) is 67.0 Å². The van der Waals surface area contributed by atoms with E-state index < -0.39 is 5.91 Å². The fourth-order valence-electron chi connectivity index (χ4n) is 3.25. The van der Waals surface area contributed by atoms with E-state index in [0.29, 0.717) is 28.3 Å². The molecule has 4 aromatic rings. The van der Waals surface area contributed by atoms with Crippen molar-refractivity contribution in [3.05, 3.63) is 89.6 Å². The molecule has 0 unspecified atom stereocenters. The molecule has 0 atom stereocenters. The highest BCUT2D eigenvalue weighted by atomic mass is 19.1. The van der Waals surface area contributed by atoms with Gasteiger partial charge in [0.25, 0.3) is 5.91 Å². The van der Waals surface area contributed by atoms with Gasteiger partial charge in [0.05, 0.1) is 12.8 Å². The molecule has 156 valence electrons. The van der Waals surface area contributed by atoms with Gasteiger partial charge in [0, 0.05) is 30.1 Å². The van der Waals surface area contributed by atoms with Crippen molar-refractivity contribution < 1.29 is 13.9 Å². The average Bonchev–Trinajstić information content (AvgIpc) is 3.25. The summed E-state index contributed by atoms with van der Waals surface area (Å²) in [7, 11) is 1.58. The minimum absolute atomic E-state index is 0.143. The van der Waals surface area contributed by atoms with Crippen molar-refractivity contribution in [3.8, 4) is 22.7 Å². The lowest BCUT2D eigenvalue weighted by atomic mass is 10.1. The Morgan fingerprint density at radius 2 is 2.00 bits per heavy atom. The van der Waals surface area contributed by atoms with E-state index in [9.17, 15) is 9.18 Å². The van der Waals surface area contributed by atoms with Crippen LogP contribution in [0.1, 0.15) is 21.6 Å². The van der Waals surface area contributed by atoms with Gasteiger partial charge in [0.1, 0.15) is 17.3 Å². The third-order valence-electron chi connectivity index (χ3n) is 4.84. The Bertz CT molecular complexity index is 1220. The molecule has 4 rings (SSSR count). The Kier molecular flexibility index (Phi) is 5.70. The molecule has 0 bridgehead atoms. The predicted octanol–water partition coefficient (Wildman–Crippen LogP) is 3.72. The Morgan fingerprint density at radius 1 is 1.16 bits per heavy atom. The van der Waals surface area contributed by atoms with E-state index in [0.717, 1.165) is 5.56 Å². The number of amides is 1. The van der Waals surface area contributed by atoms with Gasteiger partial charge in [-0.15, -0.1) is 5.10 Å². The molecular formula is C23H20FN5O2. The number of benzene rings is 2. The van der Waals surface area contributed by atoms with Gasteiger partial charge in [0.15, 0.2) is 5.69 Å². The summed E-state index contributed by atoms with van der Waals surface area (Å²) in [5, 5.41) is 11.2. The molecule has 0 saturated carbocycles. The van der Waals surface area contributed by atoms with Crippen molar-refractivity contribution >= 4 is 5.91 Å². The summed E-state index contributed by atoms with van der Waals surface area (Å²) in [6.45, 7) is 1.93. The van der Waals surface area contributed by atoms with Crippen LogP contribution in [0.3, 0.4) is 0 Å². The number of halogens is 1. The van der Waals surface area contributed by atoms with Crippen LogP contribution in [0, 0.1) is 12.7 Å². The number of methoxy groups -OCH3 is 1. The highest BCUT2D eigenvalue weighted by Crippen LogP contribution is 2.26. The zero-order chi connectivity index (χ0) is 21.8. The van der Waals surface area contributed by atoms with Crippen LogP contribution in [-0.4, -0.2) is 33.0 Å². The van der Waals surface area contributed by atoms with Crippen molar-refractivity contribution in [1.82, 2.24) is 25.3 Å². The molecule has 0 aliphatic heterocycles. The Morgan fingerprint density at radius 3 is 2.74 bits per heavy atom. The van der Waals surface area contributed by atoms with Gasteiger partial charge in [0.2, 0.25) is 0 Å². The second-order valence-corrected chi connectivity index (χ2v) is 6.87. The summed E-state index contributed by atoms with van der Waals surface area (Å²) in [6, 6.07) is 15.6. The van der Waals surface area contributed by atoms with E-state index >= 15 is 0 Å². The molecular weight excluding hydrogens is 397 g/mol. The molecule has 31 heavy (non-hydrogen) atoms. The molecule has 0 fully saturated rings. The van der Waals surface area contributed by atoms with Gasteiger partial charge in [-0.05, 0) is 48.9 Å². The monoisotopic (exact) mass is 417 g/mol. The summed E-state index contributed by atoms with van der Waals surface area (Å²) >= 11 is 0. The van der Waals surface area contributed by atoms with Crippen LogP contribution >= 0.6 is 0 Å². The first-order chi connectivity index (χ1) is 15.1. The number of carbonyl (C=O) groups excluding carboxylic acids is 1. The van der Waals surface area contributed by atoms with E-state index in [1.165, 1.54) is 10.7 Å². The predicted molar refractivity (Wildman–Crippen MR) is 113 cm³/mol. The zero-order valence-corrected chi connectivity index (χ0v) is 17.0. The van der Waals surface area contributed by atoms with E-state index in [4.69, 9.17) is 4.74 Å². The number of rotatable bonds is 6. The van der Waals surface area contributed by atoms with Crippen molar-refractivity contribution in [1.29, 1.82) is 0 Å². The van der Waals surface area contributed by atoms with E-state index in [1.54, 1.807) is 44.6 Å². The molecule has 0 aliphatic carbocycles.